The summed E-state index contributed by atoms with van der Waals surface area (Å²) in [6, 6.07) is -0.508. The Morgan fingerprint density at radius 3 is 2.61 bits per heavy atom. The lowest BCUT2D eigenvalue weighted by Crippen LogP contribution is -2.47. The van der Waals surface area contributed by atoms with Crippen molar-refractivity contribution in [1.82, 2.24) is 10.2 Å². The Bertz CT molecular complexity index is 280. The van der Waals surface area contributed by atoms with Gasteiger partial charge in [0.05, 0.1) is 12.6 Å². The number of amides is 2. The summed E-state index contributed by atoms with van der Waals surface area (Å²) in [4.78, 5) is 25.2. The average Bonchev–Trinajstić information content (AvgIpc) is 2.42. The van der Waals surface area contributed by atoms with Crippen molar-refractivity contribution in [3.63, 3.8) is 0 Å². The molecule has 0 aliphatic carbocycles. The molecule has 6 heteroatoms. The highest BCUT2D eigenvalue weighted by Crippen LogP contribution is 2.08. The number of nitrogens with zero attached hydrogens (tertiary/aromatic N) is 1. The van der Waals surface area contributed by atoms with Gasteiger partial charge in [0.15, 0.2) is 0 Å². The molecule has 1 saturated heterocycles. The van der Waals surface area contributed by atoms with Crippen LogP contribution in [0.15, 0.2) is 0 Å². The lowest BCUT2D eigenvalue weighted by molar-refractivity contribution is -0.133. The predicted molar refractivity (Wildman–Crippen MR) is 74.4 cm³/mol. The molecule has 0 radical (unpaired) electrons. The van der Waals surface area contributed by atoms with Crippen LogP contribution in [0.25, 0.3) is 0 Å². The van der Waals surface area contributed by atoms with Crippen LogP contribution in [-0.2, 0) is 9.59 Å². The van der Waals surface area contributed by atoms with Crippen molar-refractivity contribution in [3.8, 4) is 0 Å². The molecule has 1 aliphatic heterocycles. The molecule has 1 heterocycles. The second-order valence-electron chi connectivity index (χ2n) is 4.55. The van der Waals surface area contributed by atoms with Crippen LogP contribution >= 0.6 is 11.8 Å². The fourth-order valence-corrected chi connectivity index (χ4v) is 2.41. The van der Waals surface area contributed by atoms with Gasteiger partial charge < -0.3 is 16.0 Å². The maximum Gasteiger partial charge on any atom is 0.241 e. The number of thioether (sulfide) groups is 1. The van der Waals surface area contributed by atoms with Crippen LogP contribution in [0, 0.1) is 0 Å². The largest absolute Gasteiger partial charge is 0.346 e. The predicted octanol–water partition coefficient (Wildman–Crippen LogP) is 0.196. The van der Waals surface area contributed by atoms with Gasteiger partial charge in [-0.2, -0.15) is 11.8 Å². The first kappa shape index (κ1) is 15.3. The first-order valence-corrected chi connectivity index (χ1v) is 7.84. The van der Waals surface area contributed by atoms with E-state index in [0.29, 0.717) is 6.42 Å². The standard InChI is InChI=1S/C12H23N3O2S/c1-18-8-5-10(13)12(17)14-9-11(16)15-6-3-2-4-7-15/h10H,2-9,13H2,1H3,(H,14,17)/t10-/m1/s1. The fraction of sp³-hybridized carbons (Fsp3) is 0.833. The summed E-state index contributed by atoms with van der Waals surface area (Å²) in [7, 11) is 0. The van der Waals surface area contributed by atoms with E-state index >= 15 is 0 Å². The number of carbonyl (C=O) groups is 2. The van der Waals surface area contributed by atoms with E-state index in [2.05, 4.69) is 5.32 Å². The lowest BCUT2D eigenvalue weighted by atomic mass is 10.1. The molecule has 0 aromatic carbocycles. The maximum atomic E-state index is 11.8. The molecular formula is C12H23N3O2S. The fourth-order valence-electron chi connectivity index (χ4n) is 1.92. The summed E-state index contributed by atoms with van der Waals surface area (Å²) in [5.41, 5.74) is 5.72. The van der Waals surface area contributed by atoms with E-state index in [1.54, 1.807) is 11.8 Å². The van der Waals surface area contributed by atoms with Crippen LogP contribution in [0.5, 0.6) is 0 Å². The third-order valence-corrected chi connectivity index (χ3v) is 3.74. The van der Waals surface area contributed by atoms with Gasteiger partial charge in [-0.15, -0.1) is 0 Å². The Kier molecular flexibility index (Phi) is 7.12. The van der Waals surface area contributed by atoms with Gasteiger partial charge in [0.2, 0.25) is 11.8 Å². The second-order valence-corrected chi connectivity index (χ2v) is 5.53. The zero-order valence-corrected chi connectivity index (χ0v) is 11.8. The van der Waals surface area contributed by atoms with E-state index in [4.69, 9.17) is 5.73 Å². The van der Waals surface area contributed by atoms with Gasteiger partial charge in [0.1, 0.15) is 0 Å². The zero-order chi connectivity index (χ0) is 13.4. The molecule has 0 aromatic heterocycles. The van der Waals surface area contributed by atoms with Gasteiger partial charge in [-0.3, -0.25) is 9.59 Å². The molecule has 0 bridgehead atoms. The minimum Gasteiger partial charge on any atom is -0.346 e. The molecule has 3 N–H and O–H groups in total. The smallest absolute Gasteiger partial charge is 0.241 e. The van der Waals surface area contributed by atoms with Crippen LogP contribution in [-0.4, -0.2) is 54.4 Å². The Morgan fingerprint density at radius 2 is 2.00 bits per heavy atom. The van der Waals surface area contributed by atoms with E-state index < -0.39 is 6.04 Å². The Labute approximate surface area is 113 Å². The molecule has 1 aliphatic rings. The first-order chi connectivity index (χ1) is 8.65. The molecular weight excluding hydrogens is 250 g/mol. The number of hydrogen-bond donors (Lipinski definition) is 2. The van der Waals surface area contributed by atoms with Crippen LogP contribution in [0.3, 0.4) is 0 Å². The summed E-state index contributed by atoms with van der Waals surface area (Å²) in [5.74, 6) is 0.629. The van der Waals surface area contributed by atoms with Crippen LogP contribution < -0.4 is 11.1 Å². The molecule has 104 valence electrons. The van der Waals surface area contributed by atoms with Crippen molar-refractivity contribution in [2.24, 2.45) is 5.73 Å². The van der Waals surface area contributed by atoms with Crippen LogP contribution in [0.1, 0.15) is 25.7 Å². The van der Waals surface area contributed by atoms with Gasteiger partial charge in [-0.25, -0.2) is 0 Å². The van der Waals surface area contributed by atoms with Gasteiger partial charge in [0, 0.05) is 13.1 Å². The quantitative estimate of drug-likeness (QED) is 0.725. The molecule has 0 unspecified atom stereocenters. The van der Waals surface area contributed by atoms with E-state index in [1.165, 1.54) is 6.42 Å². The van der Waals surface area contributed by atoms with Crippen molar-refractivity contribution >= 4 is 23.6 Å². The van der Waals surface area contributed by atoms with Gasteiger partial charge in [-0.1, -0.05) is 0 Å². The number of nitrogens with two attached hydrogens (primary N) is 1. The molecule has 0 saturated carbocycles. The molecule has 5 nitrogen and oxygen atoms in total. The number of nitrogens with one attached hydrogen (secondary N) is 1. The number of rotatable bonds is 6. The summed E-state index contributed by atoms with van der Waals surface area (Å²) in [6.45, 7) is 1.70. The number of likely N-dealkylation sites (tertiary alicyclic amines) is 1. The molecule has 0 spiro atoms. The number of carbonyl (C=O) groups excluding carboxylic acids is 2. The van der Waals surface area contributed by atoms with E-state index in [0.717, 1.165) is 31.7 Å². The molecule has 0 aromatic rings. The first-order valence-electron chi connectivity index (χ1n) is 6.45. The Hall–Kier alpha value is -0.750. The number of piperidine rings is 1. The van der Waals surface area contributed by atoms with Crippen molar-refractivity contribution in [1.29, 1.82) is 0 Å². The maximum absolute atomic E-state index is 11.8. The highest BCUT2D eigenvalue weighted by molar-refractivity contribution is 7.98. The van der Waals surface area contributed by atoms with Gasteiger partial charge in [-0.05, 0) is 37.7 Å². The third kappa shape index (κ3) is 5.27. The topological polar surface area (TPSA) is 75.4 Å². The Balaban J connectivity index is 2.22. The molecule has 18 heavy (non-hydrogen) atoms. The minimum absolute atomic E-state index is 0.000108. The van der Waals surface area contributed by atoms with Crippen LogP contribution in [0.2, 0.25) is 0 Å². The lowest BCUT2D eigenvalue weighted by Gasteiger charge is -2.26. The van der Waals surface area contributed by atoms with Gasteiger partial charge >= 0.3 is 0 Å². The van der Waals surface area contributed by atoms with E-state index in [-0.39, 0.29) is 18.4 Å². The SMILES string of the molecule is CSCC[C@@H](N)C(=O)NCC(=O)N1CCCCC1. The third-order valence-electron chi connectivity index (χ3n) is 3.09. The summed E-state index contributed by atoms with van der Waals surface area (Å²) in [6.07, 6.45) is 5.94. The monoisotopic (exact) mass is 273 g/mol. The highest BCUT2D eigenvalue weighted by Gasteiger charge is 2.18. The van der Waals surface area contributed by atoms with Gasteiger partial charge in [0.25, 0.3) is 0 Å². The van der Waals surface area contributed by atoms with Crippen LogP contribution in [0.4, 0.5) is 0 Å². The van der Waals surface area contributed by atoms with Crippen molar-refractivity contribution < 1.29 is 9.59 Å². The molecule has 2 amide bonds. The summed E-state index contributed by atoms with van der Waals surface area (Å²) >= 11 is 1.66. The summed E-state index contributed by atoms with van der Waals surface area (Å²) in [5, 5.41) is 2.62. The zero-order valence-electron chi connectivity index (χ0n) is 11.0. The molecule has 1 rings (SSSR count). The minimum atomic E-state index is -0.508. The van der Waals surface area contributed by atoms with E-state index in [1.807, 2.05) is 11.2 Å². The van der Waals surface area contributed by atoms with Crippen molar-refractivity contribution in [3.05, 3.63) is 0 Å². The number of hydrogen-bond acceptors (Lipinski definition) is 4. The normalized spacial score (nSPS) is 17.3. The molecule has 1 fully saturated rings. The average molecular weight is 273 g/mol. The Morgan fingerprint density at radius 1 is 1.33 bits per heavy atom. The summed E-state index contributed by atoms with van der Waals surface area (Å²) < 4.78 is 0. The van der Waals surface area contributed by atoms with Crippen molar-refractivity contribution in [2.45, 2.75) is 31.7 Å². The van der Waals surface area contributed by atoms with Crippen molar-refractivity contribution in [2.75, 3.05) is 31.6 Å². The highest BCUT2D eigenvalue weighted by atomic mass is 32.2. The van der Waals surface area contributed by atoms with E-state index in [9.17, 15) is 9.59 Å². The molecule has 1 atom stereocenters. The second kappa shape index (κ2) is 8.37.